The topological polar surface area (TPSA) is 6.48 Å². The van der Waals surface area contributed by atoms with Gasteiger partial charge in [-0.15, -0.1) is 0 Å². The second-order valence-electron chi connectivity index (χ2n) is 14.1. The Morgan fingerprint density at radius 1 is 0.385 bits per heavy atom. The van der Waals surface area contributed by atoms with E-state index in [2.05, 4.69) is 206 Å². The molecule has 0 atom stereocenters. The number of nitrogens with zero attached hydrogens (tertiary/aromatic N) is 2. The summed E-state index contributed by atoms with van der Waals surface area (Å²) < 4.78 is 0. The molecular formula is C50H46N2. The first-order chi connectivity index (χ1) is 25.6. The fourth-order valence-corrected chi connectivity index (χ4v) is 8.12. The molecule has 0 spiro atoms. The third-order valence-electron chi connectivity index (χ3n) is 10.7. The van der Waals surface area contributed by atoms with Crippen molar-refractivity contribution in [3.63, 3.8) is 0 Å². The van der Waals surface area contributed by atoms with E-state index in [1.165, 1.54) is 38.9 Å². The number of fused-ring (bicyclic) bond motifs is 3. The van der Waals surface area contributed by atoms with Gasteiger partial charge in [0.15, 0.2) is 0 Å². The molecule has 2 heteroatoms. The summed E-state index contributed by atoms with van der Waals surface area (Å²) in [5.74, 6) is 0. The van der Waals surface area contributed by atoms with Crippen molar-refractivity contribution in [2.24, 2.45) is 0 Å². The lowest BCUT2D eigenvalue weighted by Gasteiger charge is -2.32. The number of rotatable bonds is 11. The molecule has 52 heavy (non-hydrogen) atoms. The van der Waals surface area contributed by atoms with Crippen LogP contribution in [0, 0.1) is 0 Å². The highest BCUT2D eigenvalue weighted by Crippen LogP contribution is 2.55. The van der Waals surface area contributed by atoms with Gasteiger partial charge in [-0.2, -0.15) is 0 Å². The van der Waals surface area contributed by atoms with Crippen LogP contribution in [0.5, 0.6) is 0 Å². The maximum absolute atomic E-state index is 2.44. The maximum Gasteiger partial charge on any atom is 0.0465 e. The van der Waals surface area contributed by atoms with Crippen molar-refractivity contribution in [3.8, 4) is 11.1 Å². The van der Waals surface area contributed by atoms with Gasteiger partial charge in [0.2, 0.25) is 0 Å². The van der Waals surface area contributed by atoms with E-state index < -0.39 is 0 Å². The quantitative estimate of drug-likeness (QED) is 0.135. The first-order valence-corrected chi connectivity index (χ1v) is 18.8. The second-order valence-corrected chi connectivity index (χ2v) is 14.1. The molecule has 0 aromatic heterocycles. The van der Waals surface area contributed by atoms with Gasteiger partial charge >= 0.3 is 0 Å². The number of para-hydroxylation sites is 2. The molecule has 0 fully saturated rings. The Hall–Kier alpha value is -5.86. The standard InChI is InChI=1S/C50H46N2/c1-4-15-37-23-27-42(28-24-37)51(40-19-11-7-12-20-40)44-31-33-46-47-34-32-45(36-49(47)50(3,48(46)35-44)39-17-9-6-10-18-39)52(41-21-13-8-14-22-41)43-29-25-38(16-5-2)26-30-43/h6-14,17-36H,4-5,15-16H2,1-3H3. The van der Waals surface area contributed by atoms with Crippen LogP contribution in [-0.4, -0.2) is 0 Å². The summed E-state index contributed by atoms with van der Waals surface area (Å²) in [6, 6.07) is 65.0. The van der Waals surface area contributed by atoms with Crippen LogP contribution in [0.1, 0.15) is 61.4 Å². The largest absolute Gasteiger partial charge is 0.310 e. The van der Waals surface area contributed by atoms with Crippen LogP contribution < -0.4 is 9.80 Å². The van der Waals surface area contributed by atoms with Crippen molar-refractivity contribution in [1.29, 1.82) is 0 Å². The highest BCUT2D eigenvalue weighted by atomic mass is 15.1. The van der Waals surface area contributed by atoms with Crippen LogP contribution in [0.4, 0.5) is 34.1 Å². The van der Waals surface area contributed by atoms with Gasteiger partial charge in [-0.05, 0) is 132 Å². The molecular weight excluding hydrogens is 629 g/mol. The lowest BCUT2D eigenvalue weighted by atomic mass is 9.74. The summed E-state index contributed by atoms with van der Waals surface area (Å²) in [6.07, 6.45) is 4.46. The summed E-state index contributed by atoms with van der Waals surface area (Å²) in [6.45, 7) is 6.89. The molecule has 0 amide bonds. The molecule has 256 valence electrons. The van der Waals surface area contributed by atoms with Crippen LogP contribution in [0.25, 0.3) is 11.1 Å². The van der Waals surface area contributed by atoms with E-state index in [4.69, 9.17) is 0 Å². The van der Waals surface area contributed by atoms with Crippen molar-refractivity contribution in [2.45, 2.75) is 51.9 Å². The fourth-order valence-electron chi connectivity index (χ4n) is 8.12. The van der Waals surface area contributed by atoms with Crippen molar-refractivity contribution in [1.82, 2.24) is 0 Å². The van der Waals surface area contributed by atoms with E-state index >= 15 is 0 Å². The Balaban J connectivity index is 1.29. The smallest absolute Gasteiger partial charge is 0.0465 e. The molecule has 0 saturated heterocycles. The molecule has 0 bridgehead atoms. The van der Waals surface area contributed by atoms with Crippen molar-refractivity contribution in [3.05, 3.63) is 204 Å². The summed E-state index contributed by atoms with van der Waals surface area (Å²) in [5, 5.41) is 0. The van der Waals surface area contributed by atoms with Crippen molar-refractivity contribution < 1.29 is 0 Å². The predicted molar refractivity (Wildman–Crippen MR) is 221 cm³/mol. The summed E-state index contributed by atoms with van der Waals surface area (Å²) in [4.78, 5) is 4.80. The molecule has 0 saturated carbocycles. The van der Waals surface area contributed by atoms with Crippen molar-refractivity contribution >= 4 is 34.1 Å². The number of hydrogen-bond acceptors (Lipinski definition) is 2. The molecule has 1 aliphatic carbocycles. The zero-order valence-electron chi connectivity index (χ0n) is 30.5. The fraction of sp³-hybridized carbons (Fsp3) is 0.160. The molecule has 8 rings (SSSR count). The van der Waals surface area contributed by atoms with Crippen LogP contribution in [0.3, 0.4) is 0 Å². The number of aryl methyl sites for hydroxylation is 2. The van der Waals surface area contributed by atoms with Gasteiger partial charge in [0.1, 0.15) is 0 Å². The third-order valence-corrected chi connectivity index (χ3v) is 10.7. The number of benzene rings is 7. The van der Waals surface area contributed by atoms with E-state index in [0.29, 0.717) is 0 Å². The van der Waals surface area contributed by atoms with Gasteiger partial charge in [-0.3, -0.25) is 0 Å². The average molecular weight is 675 g/mol. The molecule has 2 nitrogen and oxygen atoms in total. The molecule has 7 aromatic carbocycles. The minimum atomic E-state index is -0.376. The average Bonchev–Trinajstić information content (AvgIpc) is 3.45. The molecule has 0 N–H and O–H groups in total. The Labute approximate surface area is 309 Å². The first-order valence-electron chi connectivity index (χ1n) is 18.8. The van der Waals surface area contributed by atoms with E-state index in [1.807, 2.05) is 0 Å². The zero-order chi connectivity index (χ0) is 35.5. The molecule has 0 aliphatic heterocycles. The first kappa shape index (κ1) is 33.3. The maximum atomic E-state index is 2.44. The van der Waals surface area contributed by atoms with Gasteiger partial charge < -0.3 is 9.80 Å². The van der Waals surface area contributed by atoms with Gasteiger partial charge in [0.05, 0.1) is 0 Å². The highest BCUT2D eigenvalue weighted by molar-refractivity contribution is 5.89. The lowest BCUT2D eigenvalue weighted by Crippen LogP contribution is -2.23. The lowest BCUT2D eigenvalue weighted by molar-refractivity contribution is 0.714. The van der Waals surface area contributed by atoms with Gasteiger partial charge in [-0.1, -0.05) is 130 Å². The Morgan fingerprint density at radius 2 is 0.731 bits per heavy atom. The van der Waals surface area contributed by atoms with Gasteiger partial charge in [-0.25, -0.2) is 0 Å². The Bertz CT molecular complexity index is 2110. The third kappa shape index (κ3) is 6.09. The molecule has 1 aliphatic rings. The SMILES string of the molecule is CCCc1ccc(N(c2ccccc2)c2ccc3c(c2)C(C)(c2ccccc2)c2cc(N(c4ccccc4)c4ccc(CCC)cc4)ccc2-3)cc1. The van der Waals surface area contributed by atoms with Crippen LogP contribution >= 0.6 is 0 Å². The Kier molecular flexibility index (Phi) is 9.22. The number of anilines is 6. The minimum Gasteiger partial charge on any atom is -0.310 e. The van der Waals surface area contributed by atoms with Crippen molar-refractivity contribution in [2.75, 3.05) is 9.80 Å². The van der Waals surface area contributed by atoms with Crippen LogP contribution in [-0.2, 0) is 18.3 Å². The molecule has 7 aromatic rings. The molecule has 0 unspecified atom stereocenters. The van der Waals surface area contributed by atoms with E-state index in [1.54, 1.807) is 0 Å². The van der Waals surface area contributed by atoms with E-state index in [9.17, 15) is 0 Å². The monoisotopic (exact) mass is 674 g/mol. The predicted octanol–water partition coefficient (Wildman–Crippen LogP) is 13.9. The van der Waals surface area contributed by atoms with Crippen LogP contribution in [0.15, 0.2) is 176 Å². The van der Waals surface area contributed by atoms with E-state index in [-0.39, 0.29) is 5.41 Å². The minimum absolute atomic E-state index is 0.376. The number of hydrogen-bond donors (Lipinski definition) is 0. The zero-order valence-corrected chi connectivity index (χ0v) is 30.5. The Morgan fingerprint density at radius 3 is 1.12 bits per heavy atom. The molecule has 0 radical (unpaired) electrons. The molecule has 0 heterocycles. The summed E-state index contributed by atoms with van der Waals surface area (Å²) in [5.41, 5.74) is 15.8. The van der Waals surface area contributed by atoms with Crippen LogP contribution in [0.2, 0.25) is 0 Å². The second kappa shape index (κ2) is 14.4. The summed E-state index contributed by atoms with van der Waals surface area (Å²) >= 11 is 0. The van der Waals surface area contributed by atoms with Gasteiger partial charge in [0.25, 0.3) is 0 Å². The summed E-state index contributed by atoms with van der Waals surface area (Å²) in [7, 11) is 0. The highest BCUT2D eigenvalue weighted by Gasteiger charge is 2.41. The van der Waals surface area contributed by atoms with Gasteiger partial charge in [0, 0.05) is 39.5 Å². The normalized spacial score (nSPS) is 12.6. The van der Waals surface area contributed by atoms with E-state index in [0.717, 1.165) is 59.8 Å².